The molecule has 0 unspecified atom stereocenters. The lowest BCUT2D eigenvalue weighted by atomic mass is 10.0. The van der Waals surface area contributed by atoms with Crippen LogP contribution in [0.1, 0.15) is 16.1 Å². The van der Waals surface area contributed by atoms with Crippen LogP contribution in [0.5, 0.6) is 0 Å². The fourth-order valence-electron chi connectivity index (χ4n) is 1.84. The molecule has 16 heavy (non-hydrogen) atoms. The summed E-state index contributed by atoms with van der Waals surface area (Å²) in [6.45, 7) is 3.72. The normalized spacial score (nSPS) is 10.0. The average Bonchev–Trinajstić information content (AvgIpc) is 2.74. The van der Waals surface area contributed by atoms with E-state index in [2.05, 4.69) is 11.6 Å². The number of aromatic nitrogens is 1. The first-order valence-corrected chi connectivity index (χ1v) is 5.18. The molecule has 1 N–H and O–H groups in total. The van der Waals surface area contributed by atoms with Crippen molar-refractivity contribution in [2.75, 3.05) is 0 Å². The lowest BCUT2D eigenvalue weighted by Gasteiger charge is -2.03. The summed E-state index contributed by atoms with van der Waals surface area (Å²) in [5, 5.41) is 0. The summed E-state index contributed by atoms with van der Waals surface area (Å²) in [5.41, 5.74) is 3.77. The van der Waals surface area contributed by atoms with E-state index in [1.54, 1.807) is 0 Å². The number of nitrogens with one attached hydrogen (secondary N) is 1. The molecule has 2 rings (SSSR count). The predicted molar refractivity (Wildman–Crippen MR) is 65.5 cm³/mol. The van der Waals surface area contributed by atoms with E-state index in [1.165, 1.54) is 0 Å². The van der Waals surface area contributed by atoms with E-state index in [9.17, 15) is 4.79 Å². The SMILES string of the molecule is C=CCc1c[nH]c(C=O)c1-c1ccccc1. The summed E-state index contributed by atoms with van der Waals surface area (Å²) in [5.74, 6) is 0. The van der Waals surface area contributed by atoms with Gasteiger partial charge in [-0.15, -0.1) is 6.58 Å². The van der Waals surface area contributed by atoms with Crippen molar-refractivity contribution in [3.63, 3.8) is 0 Å². The van der Waals surface area contributed by atoms with Crippen molar-refractivity contribution in [3.8, 4) is 11.1 Å². The van der Waals surface area contributed by atoms with E-state index in [0.717, 1.165) is 29.4 Å². The van der Waals surface area contributed by atoms with Crippen molar-refractivity contribution < 1.29 is 4.79 Å². The Morgan fingerprint density at radius 2 is 2.00 bits per heavy atom. The summed E-state index contributed by atoms with van der Waals surface area (Å²) in [6, 6.07) is 9.90. The predicted octanol–water partition coefficient (Wildman–Crippen LogP) is 3.22. The molecule has 80 valence electrons. The Morgan fingerprint density at radius 3 is 2.62 bits per heavy atom. The molecule has 2 heteroatoms. The minimum atomic E-state index is 0.628. The Kier molecular flexibility index (Phi) is 3.01. The third-order valence-corrected chi connectivity index (χ3v) is 2.54. The molecule has 2 nitrogen and oxygen atoms in total. The highest BCUT2D eigenvalue weighted by atomic mass is 16.1. The molecule has 0 radical (unpaired) electrons. The highest BCUT2D eigenvalue weighted by Gasteiger charge is 2.11. The molecule has 0 amide bonds. The highest BCUT2D eigenvalue weighted by Crippen LogP contribution is 2.27. The topological polar surface area (TPSA) is 32.9 Å². The molecule has 0 fully saturated rings. The zero-order valence-electron chi connectivity index (χ0n) is 8.94. The van der Waals surface area contributed by atoms with Crippen LogP contribution in [0.15, 0.2) is 49.2 Å². The summed E-state index contributed by atoms with van der Waals surface area (Å²) in [6.07, 6.45) is 5.32. The molecule has 0 aliphatic rings. The third kappa shape index (κ3) is 1.82. The Balaban J connectivity index is 2.56. The van der Waals surface area contributed by atoms with Gasteiger partial charge in [0.2, 0.25) is 0 Å². The van der Waals surface area contributed by atoms with Crippen LogP contribution in [0.3, 0.4) is 0 Å². The second-order valence-electron chi connectivity index (χ2n) is 3.58. The number of H-pyrrole nitrogens is 1. The molecular formula is C14H13NO. The summed E-state index contributed by atoms with van der Waals surface area (Å²) >= 11 is 0. The van der Waals surface area contributed by atoms with Gasteiger partial charge < -0.3 is 4.98 Å². The Hall–Kier alpha value is -2.09. The number of aldehydes is 1. The number of rotatable bonds is 4. The standard InChI is InChI=1S/C14H13NO/c1-2-6-12-9-15-13(10-16)14(12)11-7-4-3-5-8-11/h2-5,7-10,15H,1,6H2. The van der Waals surface area contributed by atoms with Gasteiger partial charge in [0.15, 0.2) is 6.29 Å². The van der Waals surface area contributed by atoms with E-state index in [0.29, 0.717) is 5.69 Å². The Morgan fingerprint density at radius 1 is 1.25 bits per heavy atom. The molecule has 0 spiro atoms. The number of allylic oxidation sites excluding steroid dienone is 1. The molecule has 0 aliphatic carbocycles. The molecule has 1 heterocycles. The number of hydrogen-bond donors (Lipinski definition) is 1. The van der Waals surface area contributed by atoms with Gasteiger partial charge in [-0.1, -0.05) is 36.4 Å². The van der Waals surface area contributed by atoms with E-state index in [1.807, 2.05) is 42.6 Å². The van der Waals surface area contributed by atoms with Crippen LogP contribution in [0.4, 0.5) is 0 Å². The highest BCUT2D eigenvalue weighted by molar-refractivity contribution is 5.87. The first-order chi connectivity index (χ1) is 7.86. The molecule has 0 atom stereocenters. The minimum Gasteiger partial charge on any atom is -0.358 e. The van der Waals surface area contributed by atoms with Crippen LogP contribution in [0.2, 0.25) is 0 Å². The van der Waals surface area contributed by atoms with Gasteiger partial charge in [0.25, 0.3) is 0 Å². The molecular weight excluding hydrogens is 198 g/mol. The Labute approximate surface area is 94.6 Å². The molecule has 2 aromatic rings. The fourth-order valence-corrected chi connectivity index (χ4v) is 1.84. The molecule has 0 bridgehead atoms. The molecule has 0 aliphatic heterocycles. The quantitative estimate of drug-likeness (QED) is 0.611. The molecule has 0 saturated carbocycles. The average molecular weight is 211 g/mol. The van der Waals surface area contributed by atoms with Gasteiger partial charge >= 0.3 is 0 Å². The number of carbonyl (C=O) groups is 1. The van der Waals surface area contributed by atoms with Crippen molar-refractivity contribution in [1.82, 2.24) is 4.98 Å². The zero-order valence-corrected chi connectivity index (χ0v) is 8.94. The van der Waals surface area contributed by atoms with E-state index in [-0.39, 0.29) is 0 Å². The first kappa shape index (κ1) is 10.4. The van der Waals surface area contributed by atoms with Gasteiger partial charge in [-0.05, 0) is 17.5 Å². The molecule has 1 aromatic heterocycles. The maximum Gasteiger partial charge on any atom is 0.166 e. The van der Waals surface area contributed by atoms with Crippen LogP contribution < -0.4 is 0 Å². The molecule has 0 saturated heterocycles. The maximum absolute atomic E-state index is 11.0. The van der Waals surface area contributed by atoms with Gasteiger partial charge in [-0.25, -0.2) is 0 Å². The number of aromatic amines is 1. The Bertz CT molecular complexity index is 497. The van der Waals surface area contributed by atoms with Crippen LogP contribution in [-0.4, -0.2) is 11.3 Å². The monoisotopic (exact) mass is 211 g/mol. The van der Waals surface area contributed by atoms with Crippen molar-refractivity contribution in [2.45, 2.75) is 6.42 Å². The minimum absolute atomic E-state index is 0.628. The number of hydrogen-bond acceptors (Lipinski definition) is 1. The second kappa shape index (κ2) is 4.62. The van der Waals surface area contributed by atoms with E-state index in [4.69, 9.17) is 0 Å². The van der Waals surface area contributed by atoms with Gasteiger partial charge in [0, 0.05) is 11.8 Å². The smallest absolute Gasteiger partial charge is 0.166 e. The maximum atomic E-state index is 11.0. The zero-order chi connectivity index (χ0) is 11.4. The summed E-state index contributed by atoms with van der Waals surface area (Å²) in [7, 11) is 0. The summed E-state index contributed by atoms with van der Waals surface area (Å²) < 4.78 is 0. The first-order valence-electron chi connectivity index (χ1n) is 5.18. The van der Waals surface area contributed by atoms with Crippen LogP contribution >= 0.6 is 0 Å². The van der Waals surface area contributed by atoms with Gasteiger partial charge in [0.05, 0.1) is 5.69 Å². The van der Waals surface area contributed by atoms with Crippen molar-refractivity contribution >= 4 is 6.29 Å². The number of benzene rings is 1. The van der Waals surface area contributed by atoms with Crippen molar-refractivity contribution in [1.29, 1.82) is 0 Å². The lowest BCUT2D eigenvalue weighted by molar-refractivity contribution is 0.112. The van der Waals surface area contributed by atoms with Gasteiger partial charge in [-0.2, -0.15) is 0 Å². The van der Waals surface area contributed by atoms with Crippen molar-refractivity contribution in [3.05, 3.63) is 60.4 Å². The largest absolute Gasteiger partial charge is 0.358 e. The third-order valence-electron chi connectivity index (χ3n) is 2.54. The summed E-state index contributed by atoms with van der Waals surface area (Å²) in [4.78, 5) is 14.0. The second-order valence-corrected chi connectivity index (χ2v) is 3.58. The van der Waals surface area contributed by atoms with E-state index >= 15 is 0 Å². The fraction of sp³-hybridized carbons (Fsp3) is 0.0714. The van der Waals surface area contributed by atoms with Crippen molar-refractivity contribution in [2.24, 2.45) is 0 Å². The lowest BCUT2D eigenvalue weighted by Crippen LogP contribution is -1.87. The van der Waals surface area contributed by atoms with E-state index < -0.39 is 0 Å². The van der Waals surface area contributed by atoms with Crippen LogP contribution in [-0.2, 0) is 6.42 Å². The van der Waals surface area contributed by atoms with Crippen LogP contribution in [0.25, 0.3) is 11.1 Å². The van der Waals surface area contributed by atoms with Gasteiger partial charge in [-0.3, -0.25) is 4.79 Å². The van der Waals surface area contributed by atoms with Gasteiger partial charge in [0.1, 0.15) is 0 Å². The number of carbonyl (C=O) groups excluding carboxylic acids is 1. The molecule has 1 aromatic carbocycles. The van der Waals surface area contributed by atoms with Crippen LogP contribution in [0, 0.1) is 0 Å².